The fourth-order valence-corrected chi connectivity index (χ4v) is 4.53. The van der Waals surface area contributed by atoms with Gasteiger partial charge < -0.3 is 29.0 Å². The maximum atomic E-state index is 15.2. The molecule has 218 valence electrons. The van der Waals surface area contributed by atoms with E-state index in [1.165, 1.54) is 37.1 Å². The Morgan fingerprint density at radius 2 is 1.68 bits per heavy atom. The summed E-state index contributed by atoms with van der Waals surface area (Å²) >= 11 is 0. The number of aromatic nitrogens is 1. The molecule has 2 aromatic carbocycles. The van der Waals surface area contributed by atoms with Gasteiger partial charge in [-0.25, -0.2) is 8.78 Å². The van der Waals surface area contributed by atoms with Crippen molar-refractivity contribution in [2.45, 2.75) is 24.9 Å². The van der Waals surface area contributed by atoms with Crippen LogP contribution in [0.2, 0.25) is 0 Å². The van der Waals surface area contributed by atoms with Gasteiger partial charge in [0.2, 0.25) is 5.91 Å². The molecule has 1 aliphatic heterocycles. The Kier molecular flexibility index (Phi) is 8.61. The van der Waals surface area contributed by atoms with Crippen LogP contribution in [0.1, 0.15) is 21.8 Å². The number of rotatable bonds is 9. The lowest BCUT2D eigenvalue weighted by molar-refractivity contribution is -0.274. The van der Waals surface area contributed by atoms with Crippen LogP contribution in [0.25, 0.3) is 0 Å². The smallest absolute Gasteiger partial charge is 0.497 e. The summed E-state index contributed by atoms with van der Waals surface area (Å²) in [5, 5.41) is 2.43. The topological polar surface area (TPSA) is 99.1 Å². The average molecular weight is 581 g/mol. The van der Waals surface area contributed by atoms with Crippen LogP contribution in [0.5, 0.6) is 11.5 Å². The number of benzene rings is 2. The van der Waals surface area contributed by atoms with Gasteiger partial charge in [0.25, 0.3) is 11.5 Å². The molecule has 4 rings (SSSR count). The second-order valence-electron chi connectivity index (χ2n) is 8.97. The van der Waals surface area contributed by atoms with E-state index in [2.05, 4.69) is 10.1 Å². The molecule has 1 fully saturated rings. The molecule has 3 aromatic rings. The van der Waals surface area contributed by atoms with E-state index in [0.717, 1.165) is 41.3 Å². The molecular formula is C27H24F5N3O6. The average Bonchev–Trinajstić information content (AvgIpc) is 3.22. The fraction of sp³-hybridized carbons (Fsp3) is 0.296. The molecule has 1 N–H and O–H groups in total. The largest absolute Gasteiger partial charge is 0.573 e. The summed E-state index contributed by atoms with van der Waals surface area (Å²) in [7, 11) is 2.67. The van der Waals surface area contributed by atoms with Crippen LogP contribution < -0.4 is 25.2 Å². The number of ether oxygens (including phenoxy) is 3. The van der Waals surface area contributed by atoms with Crippen molar-refractivity contribution in [2.75, 3.05) is 32.3 Å². The van der Waals surface area contributed by atoms with Gasteiger partial charge in [-0.05, 0) is 36.4 Å². The Bertz CT molecular complexity index is 1470. The summed E-state index contributed by atoms with van der Waals surface area (Å²) < 4.78 is 82.7. The van der Waals surface area contributed by atoms with E-state index in [9.17, 15) is 27.6 Å². The molecule has 0 aliphatic carbocycles. The molecular weight excluding hydrogens is 557 g/mol. The number of nitrogens with one attached hydrogen (secondary N) is 1. The van der Waals surface area contributed by atoms with Gasteiger partial charge in [0.15, 0.2) is 0 Å². The summed E-state index contributed by atoms with van der Waals surface area (Å²) in [6.07, 6.45) is -3.46. The Morgan fingerprint density at radius 1 is 1.02 bits per heavy atom. The van der Waals surface area contributed by atoms with Gasteiger partial charge in [0, 0.05) is 55.6 Å². The van der Waals surface area contributed by atoms with Gasteiger partial charge in [-0.3, -0.25) is 14.4 Å². The van der Waals surface area contributed by atoms with E-state index in [1.807, 2.05) is 0 Å². The lowest BCUT2D eigenvalue weighted by Crippen LogP contribution is -2.44. The molecule has 0 spiro atoms. The quantitative estimate of drug-likeness (QED) is 0.388. The molecule has 2 heterocycles. The van der Waals surface area contributed by atoms with Crippen molar-refractivity contribution in [2.24, 2.45) is 0 Å². The zero-order valence-electron chi connectivity index (χ0n) is 21.7. The number of pyridine rings is 1. The van der Waals surface area contributed by atoms with E-state index in [-0.39, 0.29) is 36.7 Å². The number of halogens is 5. The second-order valence-corrected chi connectivity index (χ2v) is 8.97. The highest BCUT2D eigenvalue weighted by Gasteiger charge is 2.46. The number of carbonyl (C=O) groups excluding carboxylic acids is 2. The van der Waals surface area contributed by atoms with Crippen LogP contribution in [-0.2, 0) is 16.1 Å². The Balaban J connectivity index is 1.70. The van der Waals surface area contributed by atoms with E-state index in [1.54, 1.807) is 0 Å². The number of carbonyl (C=O) groups is 2. The zero-order valence-corrected chi connectivity index (χ0v) is 21.7. The molecule has 2 amide bonds. The van der Waals surface area contributed by atoms with Crippen molar-refractivity contribution >= 4 is 17.5 Å². The lowest BCUT2D eigenvalue weighted by atomic mass is 9.92. The highest BCUT2D eigenvalue weighted by atomic mass is 19.4. The molecule has 1 aliphatic rings. The van der Waals surface area contributed by atoms with E-state index < -0.39 is 58.6 Å². The minimum absolute atomic E-state index is 0.0849. The van der Waals surface area contributed by atoms with E-state index >= 15 is 8.78 Å². The predicted molar refractivity (Wildman–Crippen MR) is 135 cm³/mol. The Labute approximate surface area is 230 Å². The van der Waals surface area contributed by atoms with Gasteiger partial charge in [-0.2, -0.15) is 0 Å². The predicted octanol–water partition coefficient (Wildman–Crippen LogP) is 3.61. The molecule has 1 aromatic heterocycles. The number of anilines is 1. The molecule has 41 heavy (non-hydrogen) atoms. The maximum Gasteiger partial charge on any atom is 0.573 e. The molecule has 1 saturated heterocycles. The second kappa shape index (κ2) is 12.0. The van der Waals surface area contributed by atoms with Crippen molar-refractivity contribution in [1.29, 1.82) is 0 Å². The number of nitrogens with zero attached hydrogens (tertiary/aromatic N) is 2. The molecule has 0 bridgehead atoms. The molecule has 9 nitrogen and oxygen atoms in total. The lowest BCUT2D eigenvalue weighted by Gasteiger charge is -2.20. The number of hydrogen-bond donors (Lipinski definition) is 1. The highest BCUT2D eigenvalue weighted by molar-refractivity contribution is 6.05. The molecule has 1 unspecified atom stereocenters. The van der Waals surface area contributed by atoms with Gasteiger partial charge in [0.05, 0.1) is 13.7 Å². The summed E-state index contributed by atoms with van der Waals surface area (Å²) in [4.78, 5) is 40.8. The summed E-state index contributed by atoms with van der Waals surface area (Å²) in [5.74, 6) is -5.80. The van der Waals surface area contributed by atoms with Crippen LogP contribution in [0.4, 0.5) is 27.6 Å². The number of hydrogen-bond acceptors (Lipinski definition) is 6. The van der Waals surface area contributed by atoms with Crippen LogP contribution in [-0.4, -0.2) is 56.2 Å². The minimum atomic E-state index is -4.94. The standard InChI is InChI=1S/C27H24F5N3O6/c1-39-11-10-34-9-3-4-21(25(34)37)35-14-18(22-19(28)12-17(40-2)13-20(22)29)23(26(35)38)33-24(36)15-5-7-16(8-6-15)41-27(30,31)32/h3-9,12-13,18,23H,10-11,14H2,1-2H3,(H,33,36)/t18-,23?/m0/s1. The fourth-order valence-electron chi connectivity index (χ4n) is 4.53. The van der Waals surface area contributed by atoms with Crippen LogP contribution in [0, 0.1) is 11.6 Å². The Hall–Kier alpha value is -4.46. The van der Waals surface area contributed by atoms with Crippen molar-refractivity contribution in [3.63, 3.8) is 0 Å². The number of methoxy groups -OCH3 is 2. The first-order valence-electron chi connectivity index (χ1n) is 12.1. The first-order valence-corrected chi connectivity index (χ1v) is 12.1. The van der Waals surface area contributed by atoms with E-state index in [4.69, 9.17) is 9.47 Å². The molecule has 14 heteroatoms. The third kappa shape index (κ3) is 6.48. The molecule has 0 saturated carbocycles. The van der Waals surface area contributed by atoms with Crippen LogP contribution in [0.15, 0.2) is 59.5 Å². The Morgan fingerprint density at radius 3 is 2.27 bits per heavy atom. The maximum absolute atomic E-state index is 15.2. The zero-order chi connectivity index (χ0) is 29.9. The van der Waals surface area contributed by atoms with E-state index in [0.29, 0.717) is 0 Å². The third-order valence-corrected chi connectivity index (χ3v) is 6.44. The normalized spacial score (nSPS) is 17.0. The molecule has 0 radical (unpaired) electrons. The van der Waals surface area contributed by atoms with Crippen LogP contribution in [0.3, 0.4) is 0 Å². The first-order chi connectivity index (χ1) is 19.4. The number of alkyl halides is 3. The highest BCUT2D eigenvalue weighted by Crippen LogP contribution is 2.36. The summed E-state index contributed by atoms with van der Waals surface area (Å²) in [6, 6.07) is 7.04. The summed E-state index contributed by atoms with van der Waals surface area (Å²) in [5.41, 5.74) is -1.32. The van der Waals surface area contributed by atoms with Crippen molar-refractivity contribution in [3.05, 3.63) is 87.8 Å². The van der Waals surface area contributed by atoms with Gasteiger partial charge in [-0.15, -0.1) is 13.2 Å². The summed E-state index contributed by atoms with van der Waals surface area (Å²) in [6.45, 7) is 0.00407. The van der Waals surface area contributed by atoms with Crippen molar-refractivity contribution in [3.8, 4) is 11.5 Å². The minimum Gasteiger partial charge on any atom is -0.497 e. The van der Waals surface area contributed by atoms with Gasteiger partial charge in [-0.1, -0.05) is 0 Å². The molecule has 2 atom stereocenters. The van der Waals surface area contributed by atoms with Crippen LogP contribution >= 0.6 is 0 Å². The van der Waals surface area contributed by atoms with Gasteiger partial charge in [0.1, 0.15) is 34.9 Å². The number of amides is 2. The van der Waals surface area contributed by atoms with Crippen molar-refractivity contribution < 1.29 is 45.8 Å². The SMILES string of the molecule is COCCn1cccc(N2C[C@@H](c3c(F)cc(OC)cc3F)C(NC(=O)c3ccc(OC(F)(F)F)cc3)C2=O)c1=O. The monoisotopic (exact) mass is 581 g/mol. The third-order valence-electron chi connectivity index (χ3n) is 6.44. The first kappa shape index (κ1) is 29.5. The van der Waals surface area contributed by atoms with Crippen molar-refractivity contribution in [1.82, 2.24) is 9.88 Å². The van der Waals surface area contributed by atoms with Gasteiger partial charge >= 0.3 is 6.36 Å².